The molecule has 0 saturated carbocycles. The maximum Gasteiger partial charge on any atom is 0.177 e. The third-order valence-electron chi connectivity index (χ3n) is 4.09. The monoisotopic (exact) mass is 400 g/mol. The Kier molecular flexibility index (Phi) is 4.47. The molecule has 0 aliphatic heterocycles. The Bertz CT molecular complexity index is 1230. The Hall–Kier alpha value is -3.40. The lowest BCUT2D eigenvalue weighted by Gasteiger charge is -2.03. The van der Waals surface area contributed by atoms with Gasteiger partial charge >= 0.3 is 0 Å². The maximum absolute atomic E-state index is 11.7. The van der Waals surface area contributed by atoms with Crippen molar-refractivity contribution < 1.29 is 22.5 Å². The van der Waals surface area contributed by atoms with Crippen LogP contribution in [-0.4, -0.2) is 42.1 Å². The third kappa shape index (κ3) is 3.54. The van der Waals surface area contributed by atoms with Crippen molar-refractivity contribution in [1.82, 2.24) is 20.3 Å². The van der Waals surface area contributed by atoms with Crippen LogP contribution in [0, 0.1) is 0 Å². The molecule has 4 rings (SSSR count). The standard InChI is InChI=1S/C18H16N4O5S/c1-25-13-5-3-12(4-6-13)17-9-14(27-20-17)11-26-22-18-10-15(28(2,23)24)7-8-16(18)19-21-22/h3-10H,11H2,1-2H3. The van der Waals surface area contributed by atoms with Crippen LogP contribution in [0.4, 0.5) is 0 Å². The largest absolute Gasteiger partial charge is 0.497 e. The van der Waals surface area contributed by atoms with E-state index in [-0.39, 0.29) is 11.5 Å². The Morgan fingerprint density at radius 1 is 1.11 bits per heavy atom. The van der Waals surface area contributed by atoms with Crippen molar-refractivity contribution >= 4 is 20.9 Å². The predicted octanol–water partition coefficient (Wildman–Crippen LogP) is 2.13. The van der Waals surface area contributed by atoms with Gasteiger partial charge in [0.1, 0.15) is 22.5 Å². The number of sulfone groups is 1. The summed E-state index contributed by atoms with van der Waals surface area (Å²) in [6, 6.07) is 13.7. The van der Waals surface area contributed by atoms with Crippen molar-refractivity contribution in [3.05, 3.63) is 54.3 Å². The molecule has 2 aromatic carbocycles. The van der Waals surface area contributed by atoms with Crippen molar-refractivity contribution in [2.24, 2.45) is 0 Å². The fourth-order valence-electron chi connectivity index (χ4n) is 2.61. The minimum atomic E-state index is -3.35. The van der Waals surface area contributed by atoms with Gasteiger partial charge in [0.05, 0.1) is 12.0 Å². The number of ether oxygens (including phenoxy) is 1. The van der Waals surface area contributed by atoms with Crippen molar-refractivity contribution in [3.8, 4) is 17.0 Å². The molecule has 0 unspecified atom stereocenters. The molecule has 0 saturated heterocycles. The Labute approximate surface area is 160 Å². The summed E-state index contributed by atoms with van der Waals surface area (Å²) in [4.78, 5) is 6.92. The van der Waals surface area contributed by atoms with E-state index in [1.807, 2.05) is 24.3 Å². The molecule has 0 aliphatic carbocycles. The van der Waals surface area contributed by atoms with E-state index in [4.69, 9.17) is 14.1 Å². The van der Waals surface area contributed by atoms with Gasteiger partial charge in [-0.1, -0.05) is 10.0 Å². The average molecular weight is 400 g/mol. The van der Waals surface area contributed by atoms with Crippen LogP contribution < -0.4 is 9.57 Å². The van der Waals surface area contributed by atoms with Gasteiger partial charge in [0.25, 0.3) is 0 Å². The van der Waals surface area contributed by atoms with Gasteiger partial charge in [-0.3, -0.25) is 0 Å². The number of rotatable bonds is 6. The molecule has 2 aromatic heterocycles. The lowest BCUT2D eigenvalue weighted by Crippen LogP contribution is -2.12. The minimum absolute atomic E-state index is 0.0463. The lowest BCUT2D eigenvalue weighted by molar-refractivity contribution is 0.0610. The molecule has 10 heteroatoms. The second kappa shape index (κ2) is 6.97. The van der Waals surface area contributed by atoms with E-state index >= 15 is 0 Å². The number of benzene rings is 2. The van der Waals surface area contributed by atoms with Gasteiger partial charge in [-0.25, -0.2) is 8.42 Å². The first-order chi connectivity index (χ1) is 13.4. The number of fused-ring (bicyclic) bond motifs is 1. The minimum Gasteiger partial charge on any atom is -0.497 e. The van der Waals surface area contributed by atoms with Crippen molar-refractivity contribution in [2.75, 3.05) is 13.4 Å². The van der Waals surface area contributed by atoms with Crippen LogP contribution in [0.3, 0.4) is 0 Å². The second-order valence-electron chi connectivity index (χ2n) is 6.07. The van der Waals surface area contributed by atoms with Crippen LogP contribution in [-0.2, 0) is 16.4 Å². The summed E-state index contributed by atoms with van der Waals surface area (Å²) in [5.74, 6) is 1.23. The van der Waals surface area contributed by atoms with Crippen molar-refractivity contribution in [3.63, 3.8) is 0 Å². The third-order valence-corrected chi connectivity index (χ3v) is 5.20. The molecule has 28 heavy (non-hydrogen) atoms. The SMILES string of the molecule is COc1ccc(-c2cc(COn3nnc4ccc(S(C)(=O)=O)cc43)on2)cc1. The quantitative estimate of drug-likeness (QED) is 0.484. The highest BCUT2D eigenvalue weighted by atomic mass is 32.2. The molecule has 0 N–H and O–H groups in total. The average Bonchev–Trinajstić information content (AvgIpc) is 3.32. The number of aromatic nitrogens is 4. The molecule has 0 radical (unpaired) electrons. The van der Waals surface area contributed by atoms with Gasteiger partial charge in [-0.05, 0) is 47.7 Å². The van der Waals surface area contributed by atoms with E-state index in [2.05, 4.69) is 15.5 Å². The molecular formula is C18H16N4O5S. The van der Waals surface area contributed by atoms with Gasteiger partial charge in [-0.15, -0.1) is 5.10 Å². The molecule has 144 valence electrons. The Balaban J connectivity index is 1.52. The highest BCUT2D eigenvalue weighted by Crippen LogP contribution is 2.22. The van der Waals surface area contributed by atoms with Gasteiger partial charge in [0.2, 0.25) is 0 Å². The van der Waals surface area contributed by atoms with Crippen LogP contribution in [0.15, 0.2) is 57.9 Å². The van der Waals surface area contributed by atoms with E-state index in [9.17, 15) is 8.42 Å². The van der Waals surface area contributed by atoms with Crippen molar-refractivity contribution in [2.45, 2.75) is 11.5 Å². The van der Waals surface area contributed by atoms with Crippen LogP contribution in [0.25, 0.3) is 22.3 Å². The zero-order valence-electron chi connectivity index (χ0n) is 15.1. The molecule has 0 spiro atoms. The maximum atomic E-state index is 11.7. The highest BCUT2D eigenvalue weighted by Gasteiger charge is 2.13. The van der Waals surface area contributed by atoms with Crippen LogP contribution >= 0.6 is 0 Å². The van der Waals surface area contributed by atoms with Crippen LogP contribution in [0.5, 0.6) is 5.75 Å². The first kappa shape index (κ1) is 18.0. The molecular weight excluding hydrogens is 384 g/mol. The summed E-state index contributed by atoms with van der Waals surface area (Å²) in [6.45, 7) is 0.0463. The van der Waals surface area contributed by atoms with Crippen LogP contribution in [0.1, 0.15) is 5.76 Å². The zero-order chi connectivity index (χ0) is 19.7. The molecule has 0 fully saturated rings. The summed E-state index contributed by atoms with van der Waals surface area (Å²) in [5.41, 5.74) is 2.49. The number of hydrogen-bond acceptors (Lipinski definition) is 8. The molecule has 9 nitrogen and oxygen atoms in total. The number of nitrogens with zero attached hydrogens (tertiary/aromatic N) is 4. The first-order valence-electron chi connectivity index (χ1n) is 8.23. The van der Waals surface area contributed by atoms with E-state index in [1.165, 1.54) is 17.0 Å². The molecule has 0 bridgehead atoms. The Morgan fingerprint density at radius 3 is 2.61 bits per heavy atom. The number of methoxy groups -OCH3 is 1. The fourth-order valence-corrected chi connectivity index (χ4v) is 3.25. The fraction of sp³-hybridized carbons (Fsp3) is 0.167. The molecule has 0 atom stereocenters. The van der Waals surface area contributed by atoms with Gasteiger partial charge in [0, 0.05) is 17.9 Å². The van der Waals surface area contributed by atoms with E-state index < -0.39 is 9.84 Å². The van der Waals surface area contributed by atoms with Gasteiger partial charge < -0.3 is 14.1 Å². The first-order valence-corrected chi connectivity index (χ1v) is 10.1. The second-order valence-corrected chi connectivity index (χ2v) is 8.08. The zero-order valence-corrected chi connectivity index (χ0v) is 15.9. The molecule has 0 amide bonds. The molecule has 0 aliphatic rings. The molecule has 2 heterocycles. The smallest absolute Gasteiger partial charge is 0.177 e. The summed E-state index contributed by atoms with van der Waals surface area (Å²) < 4.78 is 33.9. The highest BCUT2D eigenvalue weighted by molar-refractivity contribution is 7.90. The van der Waals surface area contributed by atoms with Crippen molar-refractivity contribution in [1.29, 1.82) is 0 Å². The van der Waals surface area contributed by atoms with E-state index in [0.717, 1.165) is 17.6 Å². The van der Waals surface area contributed by atoms with E-state index in [1.54, 1.807) is 19.2 Å². The summed E-state index contributed by atoms with van der Waals surface area (Å²) >= 11 is 0. The van der Waals surface area contributed by atoms with Gasteiger partial charge in [0.15, 0.2) is 22.2 Å². The number of hydrogen-bond donors (Lipinski definition) is 0. The summed E-state index contributed by atoms with van der Waals surface area (Å²) in [5, 5.41) is 11.9. The predicted molar refractivity (Wildman–Crippen MR) is 99.4 cm³/mol. The summed E-state index contributed by atoms with van der Waals surface area (Å²) in [6.07, 6.45) is 1.14. The topological polar surface area (TPSA) is 109 Å². The molecule has 4 aromatic rings. The van der Waals surface area contributed by atoms with Crippen LogP contribution in [0.2, 0.25) is 0 Å². The summed E-state index contributed by atoms with van der Waals surface area (Å²) in [7, 11) is -1.75. The lowest BCUT2D eigenvalue weighted by atomic mass is 10.1. The van der Waals surface area contributed by atoms with Gasteiger partial charge in [-0.2, -0.15) is 0 Å². The van der Waals surface area contributed by atoms with E-state index in [0.29, 0.717) is 22.5 Å². The normalized spacial score (nSPS) is 11.6. The Morgan fingerprint density at radius 2 is 1.89 bits per heavy atom.